The van der Waals surface area contributed by atoms with E-state index >= 15 is 0 Å². The normalized spacial score (nSPS) is 18.1. The summed E-state index contributed by atoms with van der Waals surface area (Å²) in [6.07, 6.45) is 2.29. The molecule has 1 aromatic rings. The standard InChI is InChI=1S/C16H24ClN3O/c1-16(2,3)11-7-9-20(10-8-11)13-6-4-5-12(17)14(13)15(18)19-21/h4-6,11,21H,7-10H2,1-3H3,(H2,18,19). The molecule has 1 fully saturated rings. The first-order valence-electron chi connectivity index (χ1n) is 7.36. The van der Waals surface area contributed by atoms with E-state index in [2.05, 4.69) is 30.8 Å². The lowest BCUT2D eigenvalue weighted by molar-refractivity contribution is 0.199. The van der Waals surface area contributed by atoms with Crippen LogP contribution in [0.4, 0.5) is 5.69 Å². The van der Waals surface area contributed by atoms with Crippen molar-refractivity contribution >= 4 is 23.1 Å². The van der Waals surface area contributed by atoms with Gasteiger partial charge in [0.2, 0.25) is 0 Å². The van der Waals surface area contributed by atoms with Crippen LogP contribution < -0.4 is 10.6 Å². The second-order valence-corrected chi connectivity index (χ2v) is 7.15. The van der Waals surface area contributed by atoms with Crippen molar-refractivity contribution < 1.29 is 5.21 Å². The van der Waals surface area contributed by atoms with Crippen molar-refractivity contribution in [3.8, 4) is 0 Å². The monoisotopic (exact) mass is 309 g/mol. The Morgan fingerprint density at radius 3 is 2.48 bits per heavy atom. The van der Waals surface area contributed by atoms with E-state index in [1.807, 2.05) is 12.1 Å². The molecule has 1 aromatic carbocycles. The first-order valence-corrected chi connectivity index (χ1v) is 7.73. The SMILES string of the molecule is CC(C)(C)C1CCN(c2cccc(Cl)c2C(N)=NO)CC1. The Labute approximate surface area is 131 Å². The van der Waals surface area contributed by atoms with E-state index in [0.29, 0.717) is 16.0 Å². The number of benzene rings is 1. The highest BCUT2D eigenvalue weighted by Crippen LogP contribution is 2.37. The molecule has 1 aliphatic heterocycles. The predicted octanol–water partition coefficient (Wildman–Crippen LogP) is 3.70. The van der Waals surface area contributed by atoms with Crippen LogP contribution in [-0.2, 0) is 0 Å². The van der Waals surface area contributed by atoms with Crippen LogP contribution in [0.2, 0.25) is 5.02 Å². The summed E-state index contributed by atoms with van der Waals surface area (Å²) in [6.45, 7) is 8.83. The number of rotatable bonds is 2. The summed E-state index contributed by atoms with van der Waals surface area (Å²) in [5.74, 6) is 0.786. The zero-order valence-electron chi connectivity index (χ0n) is 12.9. The van der Waals surface area contributed by atoms with E-state index in [0.717, 1.165) is 37.5 Å². The van der Waals surface area contributed by atoms with Gasteiger partial charge in [0.15, 0.2) is 5.84 Å². The molecule has 0 spiro atoms. The Bertz CT molecular complexity index is 529. The van der Waals surface area contributed by atoms with Crippen molar-refractivity contribution in [2.75, 3.05) is 18.0 Å². The van der Waals surface area contributed by atoms with Crippen molar-refractivity contribution in [3.63, 3.8) is 0 Å². The van der Waals surface area contributed by atoms with Gasteiger partial charge in [-0.1, -0.05) is 43.6 Å². The lowest BCUT2D eigenvalue weighted by Gasteiger charge is -2.40. The number of hydrogen-bond donors (Lipinski definition) is 2. The summed E-state index contributed by atoms with van der Waals surface area (Å²) in [5.41, 5.74) is 7.70. The maximum atomic E-state index is 8.97. The smallest absolute Gasteiger partial charge is 0.173 e. The molecule has 116 valence electrons. The van der Waals surface area contributed by atoms with Gasteiger partial charge in [0.25, 0.3) is 0 Å². The maximum Gasteiger partial charge on any atom is 0.173 e. The third-order valence-electron chi connectivity index (χ3n) is 4.42. The van der Waals surface area contributed by atoms with Crippen LogP contribution in [0.15, 0.2) is 23.4 Å². The molecule has 0 aromatic heterocycles. The van der Waals surface area contributed by atoms with Gasteiger partial charge in [0.05, 0.1) is 10.6 Å². The summed E-state index contributed by atoms with van der Waals surface area (Å²) < 4.78 is 0. The van der Waals surface area contributed by atoms with Crippen molar-refractivity contribution in [1.29, 1.82) is 0 Å². The molecule has 1 heterocycles. The average Bonchev–Trinajstić information content (AvgIpc) is 2.45. The molecular weight excluding hydrogens is 286 g/mol. The van der Waals surface area contributed by atoms with Crippen molar-refractivity contribution in [3.05, 3.63) is 28.8 Å². The van der Waals surface area contributed by atoms with Gasteiger partial charge in [-0.2, -0.15) is 0 Å². The molecular formula is C16H24ClN3O. The minimum absolute atomic E-state index is 0.0635. The molecule has 4 nitrogen and oxygen atoms in total. The van der Waals surface area contributed by atoms with Gasteiger partial charge in [-0.15, -0.1) is 0 Å². The van der Waals surface area contributed by atoms with Gasteiger partial charge in [-0.05, 0) is 36.3 Å². The van der Waals surface area contributed by atoms with E-state index < -0.39 is 0 Å². The molecule has 0 bridgehead atoms. The number of hydrogen-bond acceptors (Lipinski definition) is 3. The van der Waals surface area contributed by atoms with Gasteiger partial charge in [-0.25, -0.2) is 0 Å². The molecule has 0 aliphatic carbocycles. The number of piperidine rings is 1. The molecule has 5 heteroatoms. The second kappa shape index (κ2) is 6.14. The van der Waals surface area contributed by atoms with Gasteiger partial charge >= 0.3 is 0 Å². The van der Waals surface area contributed by atoms with Crippen LogP contribution >= 0.6 is 11.6 Å². The zero-order chi connectivity index (χ0) is 15.6. The molecule has 0 atom stereocenters. The van der Waals surface area contributed by atoms with Gasteiger partial charge in [-0.3, -0.25) is 0 Å². The average molecular weight is 310 g/mol. The fourth-order valence-electron chi connectivity index (χ4n) is 3.07. The number of anilines is 1. The Kier molecular flexibility index (Phi) is 4.67. The molecule has 0 saturated carbocycles. The summed E-state index contributed by atoms with van der Waals surface area (Å²) in [7, 11) is 0. The molecule has 1 saturated heterocycles. The van der Waals surface area contributed by atoms with Crippen molar-refractivity contribution in [2.24, 2.45) is 22.2 Å². The molecule has 3 N–H and O–H groups in total. The third kappa shape index (κ3) is 3.43. The summed E-state index contributed by atoms with van der Waals surface area (Å²) in [5, 5.41) is 12.6. The highest BCUT2D eigenvalue weighted by atomic mass is 35.5. The van der Waals surface area contributed by atoms with Gasteiger partial charge in [0, 0.05) is 18.8 Å². The molecule has 0 unspecified atom stereocenters. The highest BCUT2D eigenvalue weighted by molar-refractivity contribution is 6.34. The van der Waals surface area contributed by atoms with Crippen LogP contribution in [-0.4, -0.2) is 24.1 Å². The van der Waals surface area contributed by atoms with Crippen LogP contribution in [0.1, 0.15) is 39.2 Å². The lowest BCUT2D eigenvalue weighted by Crippen LogP contribution is -2.39. The van der Waals surface area contributed by atoms with Crippen LogP contribution in [0.3, 0.4) is 0 Å². The Morgan fingerprint density at radius 1 is 1.33 bits per heavy atom. The van der Waals surface area contributed by atoms with E-state index in [1.54, 1.807) is 6.07 Å². The maximum absolute atomic E-state index is 8.97. The number of oxime groups is 1. The van der Waals surface area contributed by atoms with E-state index in [1.165, 1.54) is 0 Å². The fourth-order valence-corrected chi connectivity index (χ4v) is 3.33. The first kappa shape index (κ1) is 16.0. The summed E-state index contributed by atoms with van der Waals surface area (Å²) in [6, 6.07) is 5.65. The Morgan fingerprint density at radius 2 is 1.95 bits per heavy atom. The first-order chi connectivity index (χ1) is 9.84. The summed E-state index contributed by atoms with van der Waals surface area (Å²) >= 11 is 6.22. The minimum atomic E-state index is 0.0635. The topological polar surface area (TPSA) is 61.8 Å². The van der Waals surface area contributed by atoms with Crippen molar-refractivity contribution in [2.45, 2.75) is 33.6 Å². The van der Waals surface area contributed by atoms with Gasteiger partial charge in [0.1, 0.15) is 0 Å². The number of halogens is 1. The van der Waals surface area contributed by atoms with Crippen LogP contribution in [0, 0.1) is 11.3 Å². The van der Waals surface area contributed by atoms with E-state index in [-0.39, 0.29) is 5.84 Å². The molecule has 21 heavy (non-hydrogen) atoms. The van der Waals surface area contributed by atoms with Crippen LogP contribution in [0.5, 0.6) is 0 Å². The summed E-state index contributed by atoms with van der Waals surface area (Å²) in [4.78, 5) is 2.28. The Balaban J connectivity index is 2.23. The van der Waals surface area contributed by atoms with E-state index in [4.69, 9.17) is 22.5 Å². The molecule has 0 radical (unpaired) electrons. The number of nitrogens with zero attached hydrogens (tertiary/aromatic N) is 2. The zero-order valence-corrected chi connectivity index (χ0v) is 13.7. The van der Waals surface area contributed by atoms with Crippen LogP contribution in [0.25, 0.3) is 0 Å². The molecule has 2 rings (SSSR count). The quantitative estimate of drug-likeness (QED) is 0.379. The second-order valence-electron chi connectivity index (χ2n) is 6.75. The highest BCUT2D eigenvalue weighted by Gasteiger charge is 2.30. The largest absolute Gasteiger partial charge is 0.409 e. The van der Waals surface area contributed by atoms with E-state index in [9.17, 15) is 0 Å². The number of amidine groups is 1. The number of nitrogens with two attached hydrogens (primary N) is 1. The fraction of sp³-hybridized carbons (Fsp3) is 0.562. The molecule has 1 aliphatic rings. The van der Waals surface area contributed by atoms with Gasteiger partial charge < -0.3 is 15.8 Å². The minimum Gasteiger partial charge on any atom is -0.409 e. The Hall–Kier alpha value is -1.42. The predicted molar refractivity (Wildman–Crippen MR) is 88.4 cm³/mol. The van der Waals surface area contributed by atoms with Crippen molar-refractivity contribution in [1.82, 2.24) is 0 Å². The third-order valence-corrected chi connectivity index (χ3v) is 4.73. The molecule has 0 amide bonds. The lowest BCUT2D eigenvalue weighted by atomic mass is 9.75.